The number of anilines is 1. The summed E-state index contributed by atoms with van der Waals surface area (Å²) < 4.78 is 25.0. The SMILES string of the molecule is CC(C)S(=O)(=O)c1ccccc1C(=O)Nc1nc(-c2cccs2)cs1. The zero-order chi connectivity index (χ0) is 18.0. The number of nitrogens with one attached hydrogen (secondary N) is 1. The Hall–Kier alpha value is -2.03. The van der Waals surface area contributed by atoms with Gasteiger partial charge in [-0.05, 0) is 37.4 Å². The van der Waals surface area contributed by atoms with Crippen molar-refractivity contribution in [1.82, 2.24) is 4.98 Å². The summed E-state index contributed by atoms with van der Waals surface area (Å²) in [6, 6.07) is 10.1. The quantitative estimate of drug-likeness (QED) is 0.702. The Bertz CT molecular complexity index is 990. The molecule has 2 aromatic heterocycles. The van der Waals surface area contributed by atoms with E-state index in [4.69, 9.17) is 0 Å². The van der Waals surface area contributed by atoms with Crippen LogP contribution in [0.2, 0.25) is 0 Å². The number of thiazole rings is 1. The molecular formula is C17H16N2O3S3. The molecule has 0 aliphatic carbocycles. The second kappa shape index (κ2) is 7.07. The van der Waals surface area contributed by atoms with E-state index in [0.29, 0.717) is 5.13 Å². The summed E-state index contributed by atoms with van der Waals surface area (Å²) in [7, 11) is -3.55. The molecule has 1 aromatic carbocycles. The van der Waals surface area contributed by atoms with Crippen molar-refractivity contribution in [3.63, 3.8) is 0 Å². The van der Waals surface area contributed by atoms with Gasteiger partial charge in [-0.3, -0.25) is 10.1 Å². The molecule has 0 unspecified atom stereocenters. The predicted molar refractivity (Wildman–Crippen MR) is 102 cm³/mol. The van der Waals surface area contributed by atoms with Crippen molar-refractivity contribution in [2.24, 2.45) is 0 Å². The monoisotopic (exact) mass is 392 g/mol. The Morgan fingerprint density at radius 3 is 2.56 bits per heavy atom. The molecule has 0 atom stereocenters. The number of thiophene rings is 1. The topological polar surface area (TPSA) is 76.1 Å². The average Bonchev–Trinajstić information content (AvgIpc) is 3.25. The Kier molecular flexibility index (Phi) is 5.03. The minimum atomic E-state index is -3.55. The number of carbonyl (C=O) groups is 1. The molecule has 3 rings (SSSR count). The van der Waals surface area contributed by atoms with Crippen molar-refractivity contribution in [3.05, 3.63) is 52.7 Å². The molecule has 25 heavy (non-hydrogen) atoms. The zero-order valence-electron chi connectivity index (χ0n) is 13.6. The highest BCUT2D eigenvalue weighted by atomic mass is 32.2. The van der Waals surface area contributed by atoms with Gasteiger partial charge < -0.3 is 0 Å². The van der Waals surface area contributed by atoms with Gasteiger partial charge in [0.15, 0.2) is 15.0 Å². The number of carbonyl (C=O) groups excluding carboxylic acids is 1. The molecule has 0 aliphatic heterocycles. The molecule has 0 bridgehead atoms. The van der Waals surface area contributed by atoms with Crippen LogP contribution in [0, 0.1) is 0 Å². The highest BCUT2D eigenvalue weighted by Crippen LogP contribution is 2.29. The minimum absolute atomic E-state index is 0.0394. The molecule has 8 heteroatoms. The molecule has 1 N–H and O–H groups in total. The second-order valence-corrected chi connectivity index (χ2v) is 9.84. The normalized spacial score (nSPS) is 11.6. The molecule has 2 heterocycles. The summed E-state index contributed by atoms with van der Waals surface area (Å²) in [5, 5.41) is 6.35. The summed E-state index contributed by atoms with van der Waals surface area (Å²) in [6.45, 7) is 3.19. The number of aromatic nitrogens is 1. The van der Waals surface area contributed by atoms with Gasteiger partial charge in [-0.15, -0.1) is 22.7 Å². The largest absolute Gasteiger partial charge is 0.298 e. The number of hydrogen-bond donors (Lipinski definition) is 1. The van der Waals surface area contributed by atoms with E-state index in [2.05, 4.69) is 10.3 Å². The number of sulfone groups is 1. The number of amides is 1. The minimum Gasteiger partial charge on any atom is -0.298 e. The summed E-state index contributed by atoms with van der Waals surface area (Å²) in [5.41, 5.74) is 0.919. The maximum absolute atomic E-state index is 12.6. The van der Waals surface area contributed by atoms with Crippen LogP contribution in [-0.2, 0) is 9.84 Å². The van der Waals surface area contributed by atoms with Gasteiger partial charge in [-0.25, -0.2) is 13.4 Å². The molecule has 0 spiro atoms. The van der Waals surface area contributed by atoms with Crippen LogP contribution in [0.5, 0.6) is 0 Å². The number of benzene rings is 1. The number of hydrogen-bond acceptors (Lipinski definition) is 6. The molecule has 130 valence electrons. The smallest absolute Gasteiger partial charge is 0.258 e. The van der Waals surface area contributed by atoms with Gasteiger partial charge in [0, 0.05) is 5.38 Å². The van der Waals surface area contributed by atoms with E-state index in [1.165, 1.54) is 23.5 Å². The van der Waals surface area contributed by atoms with Crippen molar-refractivity contribution in [1.29, 1.82) is 0 Å². The third kappa shape index (κ3) is 3.65. The molecule has 0 aliphatic rings. The molecule has 3 aromatic rings. The van der Waals surface area contributed by atoms with E-state index in [-0.39, 0.29) is 10.5 Å². The zero-order valence-corrected chi connectivity index (χ0v) is 16.0. The lowest BCUT2D eigenvalue weighted by Crippen LogP contribution is -2.20. The first-order valence-corrected chi connectivity index (χ1v) is 10.8. The summed E-state index contributed by atoms with van der Waals surface area (Å²) in [4.78, 5) is 18.0. The predicted octanol–water partition coefficient (Wildman–Crippen LogP) is 4.31. The van der Waals surface area contributed by atoms with Crippen LogP contribution in [0.25, 0.3) is 10.6 Å². The first-order chi connectivity index (χ1) is 11.9. The molecule has 1 amide bonds. The number of nitrogens with zero attached hydrogens (tertiary/aromatic N) is 1. The van der Waals surface area contributed by atoms with Crippen molar-refractivity contribution < 1.29 is 13.2 Å². The fourth-order valence-electron chi connectivity index (χ4n) is 2.19. The highest BCUT2D eigenvalue weighted by molar-refractivity contribution is 7.92. The lowest BCUT2D eigenvalue weighted by molar-refractivity contribution is 0.102. The van der Waals surface area contributed by atoms with Crippen LogP contribution in [0.15, 0.2) is 52.1 Å². The lowest BCUT2D eigenvalue weighted by Gasteiger charge is -2.12. The Labute approximate surface area is 154 Å². The van der Waals surface area contributed by atoms with E-state index in [0.717, 1.165) is 10.6 Å². The van der Waals surface area contributed by atoms with Gasteiger partial charge in [-0.1, -0.05) is 18.2 Å². The molecule has 0 fully saturated rings. The van der Waals surface area contributed by atoms with Crippen molar-refractivity contribution in [3.8, 4) is 10.6 Å². The maximum atomic E-state index is 12.6. The van der Waals surface area contributed by atoms with Crippen molar-refractivity contribution in [2.45, 2.75) is 24.0 Å². The summed E-state index contributed by atoms with van der Waals surface area (Å²) in [5.74, 6) is -0.480. The van der Waals surface area contributed by atoms with Gasteiger partial charge in [0.05, 0.1) is 26.3 Å². The third-order valence-corrected chi connectivity index (χ3v) is 7.42. The highest BCUT2D eigenvalue weighted by Gasteiger charge is 2.25. The van der Waals surface area contributed by atoms with Gasteiger partial charge >= 0.3 is 0 Å². The number of rotatable bonds is 5. The van der Waals surface area contributed by atoms with Crippen molar-refractivity contribution in [2.75, 3.05) is 5.32 Å². The lowest BCUT2D eigenvalue weighted by atomic mass is 10.2. The standard InChI is InChI=1S/C17H16N2O3S3/c1-11(2)25(21,22)15-8-4-3-6-12(15)16(20)19-17-18-13(10-24-17)14-7-5-9-23-14/h3-11H,1-2H3,(H,18,19,20). The first kappa shape index (κ1) is 17.8. The Morgan fingerprint density at radius 2 is 1.88 bits per heavy atom. The van der Waals surface area contributed by atoms with E-state index < -0.39 is 21.0 Å². The van der Waals surface area contributed by atoms with Crippen LogP contribution in [0.4, 0.5) is 5.13 Å². The fraction of sp³-hybridized carbons (Fsp3) is 0.176. The molecule has 0 radical (unpaired) electrons. The molecule has 0 saturated carbocycles. The molecule has 5 nitrogen and oxygen atoms in total. The molecule has 0 saturated heterocycles. The average molecular weight is 393 g/mol. The van der Waals surface area contributed by atoms with Gasteiger partial charge in [-0.2, -0.15) is 0 Å². The first-order valence-electron chi connectivity index (χ1n) is 7.53. The van der Waals surface area contributed by atoms with Crippen LogP contribution < -0.4 is 5.32 Å². The van der Waals surface area contributed by atoms with E-state index in [1.807, 2.05) is 22.9 Å². The van der Waals surface area contributed by atoms with Gasteiger partial charge in [0.1, 0.15) is 0 Å². The van der Waals surface area contributed by atoms with Crippen LogP contribution >= 0.6 is 22.7 Å². The summed E-state index contributed by atoms with van der Waals surface area (Å²) in [6.07, 6.45) is 0. The maximum Gasteiger partial charge on any atom is 0.258 e. The fourth-order valence-corrected chi connectivity index (χ4v) is 4.90. The third-order valence-electron chi connectivity index (χ3n) is 3.56. The van der Waals surface area contributed by atoms with E-state index >= 15 is 0 Å². The van der Waals surface area contributed by atoms with E-state index in [9.17, 15) is 13.2 Å². The van der Waals surface area contributed by atoms with Gasteiger partial charge in [0.25, 0.3) is 5.91 Å². The summed E-state index contributed by atoms with van der Waals surface area (Å²) >= 11 is 2.87. The Morgan fingerprint density at radius 1 is 1.12 bits per heavy atom. The Balaban J connectivity index is 1.88. The van der Waals surface area contributed by atoms with Gasteiger partial charge in [0.2, 0.25) is 0 Å². The van der Waals surface area contributed by atoms with Crippen LogP contribution in [0.3, 0.4) is 0 Å². The van der Waals surface area contributed by atoms with Crippen molar-refractivity contribution >= 4 is 43.5 Å². The van der Waals surface area contributed by atoms with Crippen LogP contribution in [0.1, 0.15) is 24.2 Å². The van der Waals surface area contributed by atoms with E-state index in [1.54, 1.807) is 37.3 Å². The van der Waals surface area contributed by atoms with Crippen LogP contribution in [-0.4, -0.2) is 24.6 Å². The second-order valence-electron chi connectivity index (χ2n) is 5.56. The molecular weight excluding hydrogens is 376 g/mol.